The van der Waals surface area contributed by atoms with Crippen LogP contribution >= 0.6 is 0 Å². The van der Waals surface area contributed by atoms with Gasteiger partial charge in [0.2, 0.25) is 5.91 Å². The van der Waals surface area contributed by atoms with Crippen molar-refractivity contribution < 1.29 is 14.3 Å². The summed E-state index contributed by atoms with van der Waals surface area (Å²) in [6.45, 7) is 1.14. The van der Waals surface area contributed by atoms with Gasteiger partial charge in [-0.25, -0.2) is 9.78 Å². The summed E-state index contributed by atoms with van der Waals surface area (Å²) in [7, 11) is 0. The van der Waals surface area contributed by atoms with Crippen molar-refractivity contribution in [3.05, 3.63) is 23.9 Å². The molecule has 1 aromatic rings. The van der Waals surface area contributed by atoms with E-state index < -0.39 is 0 Å². The summed E-state index contributed by atoms with van der Waals surface area (Å²) >= 11 is 0. The molecule has 8 nitrogen and oxygen atoms in total. The first-order valence-corrected chi connectivity index (χ1v) is 10.8. The topological polar surface area (TPSA) is 121 Å². The number of likely N-dealkylation sites (tertiary alicyclic amines) is 1. The largest absolute Gasteiger partial charge is 0.446 e. The fourth-order valence-corrected chi connectivity index (χ4v) is 6.51. The molecule has 0 radical (unpaired) electrons. The number of carbonyl (C=O) groups is 2. The number of rotatable bonds is 4. The third-order valence-electron chi connectivity index (χ3n) is 7.66. The number of nitriles is 1. The van der Waals surface area contributed by atoms with Gasteiger partial charge in [-0.05, 0) is 68.4 Å². The second-order valence-electron chi connectivity index (χ2n) is 9.55. The second-order valence-corrected chi connectivity index (χ2v) is 9.55. The number of pyridine rings is 1. The van der Waals surface area contributed by atoms with Crippen LogP contribution in [0.1, 0.15) is 44.1 Å². The van der Waals surface area contributed by atoms with Crippen LogP contribution in [0.3, 0.4) is 0 Å². The highest BCUT2D eigenvalue weighted by Gasteiger charge is 2.59. The van der Waals surface area contributed by atoms with Crippen LogP contribution in [0.4, 0.5) is 10.6 Å². The monoisotopic (exact) mass is 409 g/mol. The van der Waals surface area contributed by atoms with Gasteiger partial charge < -0.3 is 20.7 Å². The molecule has 5 fully saturated rings. The van der Waals surface area contributed by atoms with E-state index in [-0.39, 0.29) is 41.4 Å². The quantitative estimate of drug-likeness (QED) is 0.787. The van der Waals surface area contributed by atoms with Crippen LogP contribution in [-0.2, 0) is 9.53 Å². The molecule has 1 saturated heterocycles. The lowest BCUT2D eigenvalue weighted by molar-refractivity contribution is -0.161. The Morgan fingerprint density at radius 3 is 2.77 bits per heavy atom. The fourth-order valence-electron chi connectivity index (χ4n) is 6.51. The third kappa shape index (κ3) is 3.17. The minimum Gasteiger partial charge on any atom is -0.446 e. The molecular weight excluding hydrogens is 382 g/mol. The Hall–Kier alpha value is -2.82. The Morgan fingerprint density at radius 2 is 2.07 bits per heavy atom. The molecule has 8 heteroatoms. The minimum atomic E-state index is -0.372. The van der Waals surface area contributed by atoms with E-state index in [0.29, 0.717) is 30.4 Å². The average Bonchev–Trinajstić information content (AvgIpc) is 3.19. The van der Waals surface area contributed by atoms with Gasteiger partial charge in [-0.3, -0.25) is 4.79 Å². The number of nitrogens with two attached hydrogens (primary N) is 1. The Balaban J connectivity index is 1.20. The normalized spacial score (nSPS) is 36.4. The van der Waals surface area contributed by atoms with Crippen molar-refractivity contribution in [3.63, 3.8) is 0 Å². The van der Waals surface area contributed by atoms with E-state index in [9.17, 15) is 14.9 Å². The van der Waals surface area contributed by atoms with Crippen LogP contribution in [0, 0.1) is 34.5 Å². The first-order chi connectivity index (χ1) is 14.5. The molecule has 4 aliphatic carbocycles. The van der Waals surface area contributed by atoms with E-state index in [4.69, 9.17) is 10.5 Å². The number of hydrogen-bond donors (Lipinski definition) is 2. The van der Waals surface area contributed by atoms with Crippen molar-refractivity contribution in [3.8, 4) is 6.07 Å². The number of hydrogen-bond acceptors (Lipinski definition) is 6. The third-order valence-corrected chi connectivity index (χ3v) is 7.66. The van der Waals surface area contributed by atoms with E-state index in [2.05, 4.69) is 16.4 Å². The summed E-state index contributed by atoms with van der Waals surface area (Å²) in [5.74, 6) is 1.41. The maximum absolute atomic E-state index is 12.9. The van der Waals surface area contributed by atoms with E-state index in [1.165, 1.54) is 0 Å². The molecule has 4 bridgehead atoms. The van der Waals surface area contributed by atoms with E-state index in [0.717, 1.165) is 38.5 Å². The van der Waals surface area contributed by atoms with Crippen LogP contribution in [0.2, 0.25) is 0 Å². The Morgan fingerprint density at radius 1 is 1.30 bits per heavy atom. The lowest BCUT2D eigenvalue weighted by Crippen LogP contribution is -2.59. The molecule has 2 heterocycles. The zero-order chi connectivity index (χ0) is 20.9. The van der Waals surface area contributed by atoms with Crippen molar-refractivity contribution in [2.24, 2.45) is 28.9 Å². The molecule has 0 spiro atoms. The minimum absolute atomic E-state index is 0.0381. The van der Waals surface area contributed by atoms with Crippen molar-refractivity contribution in [1.29, 1.82) is 5.26 Å². The van der Waals surface area contributed by atoms with Crippen LogP contribution in [-0.4, -0.2) is 47.1 Å². The number of primary amides is 1. The van der Waals surface area contributed by atoms with Gasteiger partial charge in [0, 0.05) is 25.3 Å². The maximum Gasteiger partial charge on any atom is 0.410 e. The summed E-state index contributed by atoms with van der Waals surface area (Å²) < 4.78 is 6.02. The molecule has 4 saturated carbocycles. The van der Waals surface area contributed by atoms with Crippen molar-refractivity contribution >= 4 is 17.8 Å². The van der Waals surface area contributed by atoms with Gasteiger partial charge in [0.25, 0.3) is 0 Å². The molecule has 2 amide bonds. The molecule has 158 valence electrons. The SMILES string of the molecule is N#Cc1cccnc1N[C@@H]1CCN(C(=O)O[C@H]2C3CC4CC2C[C@@](C(N)=O)(C4)C3)C1. The van der Waals surface area contributed by atoms with Gasteiger partial charge in [-0.2, -0.15) is 5.26 Å². The van der Waals surface area contributed by atoms with Crippen LogP contribution in [0.25, 0.3) is 0 Å². The molecule has 30 heavy (non-hydrogen) atoms. The summed E-state index contributed by atoms with van der Waals surface area (Å²) in [4.78, 5) is 31.0. The molecule has 6 rings (SSSR count). The van der Waals surface area contributed by atoms with E-state index >= 15 is 0 Å². The zero-order valence-electron chi connectivity index (χ0n) is 16.9. The van der Waals surface area contributed by atoms with Crippen molar-refractivity contribution in [2.75, 3.05) is 18.4 Å². The van der Waals surface area contributed by atoms with Gasteiger partial charge >= 0.3 is 6.09 Å². The van der Waals surface area contributed by atoms with Crippen LogP contribution in [0.15, 0.2) is 18.3 Å². The number of anilines is 1. The second kappa shape index (κ2) is 7.15. The number of nitrogens with zero attached hydrogens (tertiary/aromatic N) is 3. The fraction of sp³-hybridized carbons (Fsp3) is 0.636. The maximum atomic E-state index is 12.9. The molecule has 1 aromatic heterocycles. The summed E-state index contributed by atoms with van der Waals surface area (Å²) in [5.41, 5.74) is 5.87. The summed E-state index contributed by atoms with van der Waals surface area (Å²) in [6.07, 6.45) is 6.54. The highest BCUT2D eigenvalue weighted by Crippen LogP contribution is 2.60. The van der Waals surface area contributed by atoms with Gasteiger partial charge in [0.1, 0.15) is 18.0 Å². The molecule has 3 atom stereocenters. The average molecular weight is 409 g/mol. The number of amides is 2. The lowest BCUT2D eigenvalue weighted by Gasteiger charge is -2.58. The number of nitrogens with one attached hydrogen (secondary N) is 1. The Labute approximate surface area is 175 Å². The van der Waals surface area contributed by atoms with Crippen molar-refractivity contribution in [1.82, 2.24) is 9.88 Å². The molecule has 3 N–H and O–H groups in total. The Kier molecular flexibility index (Phi) is 4.57. The first-order valence-electron chi connectivity index (χ1n) is 10.8. The highest BCUT2D eigenvalue weighted by atomic mass is 16.6. The van der Waals surface area contributed by atoms with Gasteiger partial charge in [-0.1, -0.05) is 0 Å². The zero-order valence-corrected chi connectivity index (χ0v) is 16.9. The highest BCUT2D eigenvalue weighted by molar-refractivity contribution is 5.81. The lowest BCUT2D eigenvalue weighted by atomic mass is 9.48. The molecule has 0 aromatic carbocycles. The molecule has 1 aliphatic heterocycles. The number of ether oxygens (including phenoxy) is 1. The predicted octanol–water partition coefficient (Wildman–Crippen LogP) is 2.26. The molecule has 2 unspecified atom stereocenters. The van der Waals surface area contributed by atoms with E-state index in [1.54, 1.807) is 23.2 Å². The van der Waals surface area contributed by atoms with Crippen LogP contribution in [0.5, 0.6) is 0 Å². The smallest absolute Gasteiger partial charge is 0.410 e. The number of carbonyl (C=O) groups excluding carboxylic acids is 2. The predicted molar refractivity (Wildman–Crippen MR) is 108 cm³/mol. The molecular formula is C22H27N5O3. The molecule has 5 aliphatic rings. The first kappa shape index (κ1) is 19.2. The Bertz CT molecular complexity index is 896. The van der Waals surface area contributed by atoms with Crippen LogP contribution < -0.4 is 11.1 Å². The standard InChI is InChI=1S/C22H27N5O3/c23-11-14-2-1-4-25-19(14)26-17-3-5-27(12-17)21(29)30-18-15-6-13-7-16(18)10-22(8-13,9-15)20(24)28/h1-2,4,13,15-18H,3,5-10,12H2,(H2,24,28)(H,25,26)/t13?,15?,16?,17-,18-,22+/m1/s1. The van der Waals surface area contributed by atoms with Gasteiger partial charge in [0.15, 0.2) is 0 Å². The van der Waals surface area contributed by atoms with E-state index in [1.807, 2.05) is 0 Å². The van der Waals surface area contributed by atoms with Gasteiger partial charge in [-0.15, -0.1) is 0 Å². The summed E-state index contributed by atoms with van der Waals surface area (Å²) in [6, 6.07) is 5.63. The van der Waals surface area contributed by atoms with Crippen molar-refractivity contribution in [2.45, 2.75) is 50.7 Å². The summed E-state index contributed by atoms with van der Waals surface area (Å²) in [5, 5.41) is 12.5. The van der Waals surface area contributed by atoms with Gasteiger partial charge in [0.05, 0.1) is 11.0 Å². The number of aromatic nitrogens is 1.